The Kier molecular flexibility index (Phi) is 9.12. The molecule has 0 saturated carbocycles. The maximum absolute atomic E-state index is 2.50. The van der Waals surface area contributed by atoms with Gasteiger partial charge in [0.2, 0.25) is 0 Å². The minimum absolute atomic E-state index is 0.139. The summed E-state index contributed by atoms with van der Waals surface area (Å²) in [5.74, 6) is 0. The standard InChI is InChI=1S/C70H48N2S/c1-69(2)57-30-11-9-24-50(57)51-43-42-49(44-62(51)69)71(48-40-38-46(39-41-48)45-20-5-3-6-21-45)65-37-19-29-55-54-28-17-27-53(67(54)73-68(55)65)52-26-18-34-61-66(52)56-25-10-12-31-58(56)70(61)59-32-13-15-35-63(59)72(47-22-7-4-8-23-47)64-36-16-14-33-60(64)70/h3-44H,1-2H3. The van der Waals surface area contributed by atoms with E-state index in [1.807, 2.05) is 11.3 Å². The van der Waals surface area contributed by atoms with Crippen molar-refractivity contribution >= 4 is 65.6 Å². The van der Waals surface area contributed by atoms with Gasteiger partial charge >= 0.3 is 0 Å². The zero-order chi connectivity index (χ0) is 48.4. The first-order valence-corrected chi connectivity index (χ1v) is 26.2. The van der Waals surface area contributed by atoms with E-state index in [1.54, 1.807) is 0 Å². The number of para-hydroxylation sites is 3. The average molecular weight is 949 g/mol. The van der Waals surface area contributed by atoms with E-state index >= 15 is 0 Å². The Morgan fingerprint density at radius 1 is 0.356 bits per heavy atom. The molecule has 2 nitrogen and oxygen atoms in total. The maximum atomic E-state index is 2.50. The van der Waals surface area contributed by atoms with Crippen molar-refractivity contribution in [3.05, 3.63) is 288 Å². The van der Waals surface area contributed by atoms with Crippen LogP contribution >= 0.6 is 11.3 Å². The molecule has 1 aliphatic heterocycles. The SMILES string of the molecule is CC1(C)c2ccccc2-c2ccc(N(c3ccc(-c4ccccc4)cc3)c3cccc4c3sc3c(-c5cccc6c5-c5ccccc5C65c6ccccc6N(c6ccccc6)c6ccccc65)cccc34)cc21. The molecule has 0 fully saturated rings. The quantitative estimate of drug-likeness (QED) is 0.164. The van der Waals surface area contributed by atoms with Crippen LogP contribution in [0, 0.1) is 0 Å². The van der Waals surface area contributed by atoms with Gasteiger partial charge in [-0.2, -0.15) is 0 Å². The van der Waals surface area contributed by atoms with Crippen LogP contribution in [-0.4, -0.2) is 0 Å². The number of fused-ring (bicyclic) bond motifs is 15. The van der Waals surface area contributed by atoms with Crippen LogP contribution in [0.3, 0.4) is 0 Å². The largest absolute Gasteiger partial charge is 0.310 e. The second-order valence-electron chi connectivity index (χ2n) is 20.3. The van der Waals surface area contributed by atoms with Crippen LogP contribution < -0.4 is 9.80 Å². The highest BCUT2D eigenvalue weighted by Gasteiger charge is 2.52. The monoisotopic (exact) mass is 948 g/mol. The first-order valence-electron chi connectivity index (χ1n) is 25.4. The Hall–Kier alpha value is -8.76. The average Bonchev–Trinajstić information content (AvgIpc) is 4.17. The Bertz CT molecular complexity index is 4140. The lowest BCUT2D eigenvalue weighted by Crippen LogP contribution is -2.36. The Morgan fingerprint density at radius 2 is 0.877 bits per heavy atom. The highest BCUT2D eigenvalue weighted by molar-refractivity contribution is 7.27. The van der Waals surface area contributed by atoms with Crippen molar-refractivity contribution in [1.82, 2.24) is 0 Å². The Balaban J connectivity index is 0.942. The maximum Gasteiger partial charge on any atom is 0.0754 e. The number of hydrogen-bond acceptors (Lipinski definition) is 3. The van der Waals surface area contributed by atoms with Crippen LogP contribution in [0.4, 0.5) is 34.1 Å². The second-order valence-corrected chi connectivity index (χ2v) is 21.3. The van der Waals surface area contributed by atoms with E-state index in [4.69, 9.17) is 0 Å². The molecule has 1 spiro atoms. The topological polar surface area (TPSA) is 6.48 Å². The van der Waals surface area contributed by atoms with Gasteiger partial charge in [-0.05, 0) is 127 Å². The lowest BCUT2D eigenvalue weighted by molar-refractivity contribution is 0.660. The van der Waals surface area contributed by atoms with Gasteiger partial charge in [-0.3, -0.25) is 0 Å². The lowest BCUT2D eigenvalue weighted by Gasteiger charge is -2.45. The number of hydrogen-bond donors (Lipinski definition) is 0. The number of thiophene rings is 1. The van der Waals surface area contributed by atoms with Gasteiger partial charge in [0, 0.05) is 43.5 Å². The first kappa shape index (κ1) is 42.0. The van der Waals surface area contributed by atoms with Crippen molar-refractivity contribution < 1.29 is 0 Å². The molecule has 11 aromatic carbocycles. The zero-order valence-corrected chi connectivity index (χ0v) is 41.4. The highest BCUT2D eigenvalue weighted by atomic mass is 32.1. The molecule has 0 amide bonds. The third kappa shape index (κ3) is 5.92. The molecule has 15 rings (SSSR count). The lowest BCUT2D eigenvalue weighted by atomic mass is 9.64. The summed E-state index contributed by atoms with van der Waals surface area (Å²) in [5, 5.41) is 2.54. The van der Waals surface area contributed by atoms with Gasteiger partial charge in [-0.1, -0.05) is 214 Å². The van der Waals surface area contributed by atoms with Gasteiger partial charge in [0.15, 0.2) is 0 Å². The molecular formula is C70H48N2S. The summed E-state index contributed by atoms with van der Waals surface area (Å²) in [5.41, 5.74) is 24.5. The van der Waals surface area contributed by atoms with E-state index in [-0.39, 0.29) is 5.41 Å². The predicted molar refractivity (Wildman–Crippen MR) is 308 cm³/mol. The molecule has 12 aromatic rings. The summed E-state index contributed by atoms with van der Waals surface area (Å²) in [6, 6.07) is 95.1. The van der Waals surface area contributed by atoms with Crippen molar-refractivity contribution in [2.75, 3.05) is 9.80 Å². The van der Waals surface area contributed by atoms with Crippen molar-refractivity contribution in [2.45, 2.75) is 24.7 Å². The fraction of sp³-hybridized carbons (Fsp3) is 0.0571. The zero-order valence-electron chi connectivity index (χ0n) is 40.6. The van der Waals surface area contributed by atoms with Crippen molar-refractivity contribution in [1.29, 1.82) is 0 Å². The van der Waals surface area contributed by atoms with E-state index in [9.17, 15) is 0 Å². The van der Waals surface area contributed by atoms with Gasteiger partial charge < -0.3 is 9.80 Å². The molecule has 1 aromatic heterocycles. The van der Waals surface area contributed by atoms with Gasteiger partial charge in [-0.25, -0.2) is 0 Å². The number of nitrogens with zero attached hydrogens (tertiary/aromatic N) is 2. The molecule has 3 aliphatic rings. The van der Waals surface area contributed by atoms with E-state index < -0.39 is 5.41 Å². The number of rotatable bonds is 6. The molecular weight excluding hydrogens is 901 g/mol. The molecule has 73 heavy (non-hydrogen) atoms. The summed E-state index contributed by atoms with van der Waals surface area (Å²) < 4.78 is 2.56. The number of benzene rings is 11. The van der Waals surface area contributed by atoms with Crippen molar-refractivity contribution in [3.8, 4) is 44.5 Å². The minimum Gasteiger partial charge on any atom is -0.310 e. The van der Waals surface area contributed by atoms with E-state index in [0.717, 1.165) is 17.1 Å². The van der Waals surface area contributed by atoms with Crippen LogP contribution in [0.1, 0.15) is 47.2 Å². The summed E-state index contributed by atoms with van der Waals surface area (Å²) in [6.45, 7) is 4.75. The fourth-order valence-electron chi connectivity index (χ4n) is 13.1. The van der Waals surface area contributed by atoms with Crippen LogP contribution in [0.2, 0.25) is 0 Å². The molecule has 344 valence electrons. The molecule has 0 atom stereocenters. The molecule has 0 N–H and O–H groups in total. The smallest absolute Gasteiger partial charge is 0.0754 e. The summed E-state index contributed by atoms with van der Waals surface area (Å²) >= 11 is 1.92. The minimum atomic E-state index is -0.538. The second kappa shape index (κ2) is 15.9. The fourth-order valence-corrected chi connectivity index (χ4v) is 14.5. The van der Waals surface area contributed by atoms with Crippen LogP contribution in [0.25, 0.3) is 64.7 Å². The van der Waals surface area contributed by atoms with Gasteiger partial charge in [0.25, 0.3) is 0 Å². The van der Waals surface area contributed by atoms with Gasteiger partial charge in [0.1, 0.15) is 0 Å². The third-order valence-corrected chi connectivity index (χ3v) is 17.6. The van der Waals surface area contributed by atoms with E-state index in [1.165, 1.54) is 115 Å². The molecule has 0 bridgehead atoms. The molecule has 2 heterocycles. The molecule has 0 radical (unpaired) electrons. The van der Waals surface area contributed by atoms with Crippen LogP contribution in [0.15, 0.2) is 255 Å². The van der Waals surface area contributed by atoms with Crippen LogP contribution in [-0.2, 0) is 10.8 Å². The summed E-state index contributed by atoms with van der Waals surface area (Å²) in [7, 11) is 0. The number of anilines is 6. The normalized spacial score (nSPS) is 14.1. The summed E-state index contributed by atoms with van der Waals surface area (Å²) in [4.78, 5) is 4.96. The predicted octanol–water partition coefficient (Wildman–Crippen LogP) is 19.3. The highest BCUT2D eigenvalue weighted by Crippen LogP contribution is 2.65. The summed E-state index contributed by atoms with van der Waals surface area (Å²) in [6.07, 6.45) is 0. The molecule has 3 heteroatoms. The van der Waals surface area contributed by atoms with E-state index in [2.05, 4.69) is 278 Å². The van der Waals surface area contributed by atoms with E-state index in [0.29, 0.717) is 0 Å². The van der Waals surface area contributed by atoms with Gasteiger partial charge in [0.05, 0.1) is 27.2 Å². The first-order chi connectivity index (χ1) is 36.0. The van der Waals surface area contributed by atoms with Crippen molar-refractivity contribution in [2.24, 2.45) is 0 Å². The molecule has 0 unspecified atom stereocenters. The third-order valence-electron chi connectivity index (χ3n) is 16.3. The Labute approximate surface area is 430 Å². The van der Waals surface area contributed by atoms with Gasteiger partial charge in [-0.15, -0.1) is 11.3 Å². The molecule has 0 saturated heterocycles. The van der Waals surface area contributed by atoms with Crippen LogP contribution in [0.5, 0.6) is 0 Å². The van der Waals surface area contributed by atoms with Crippen molar-refractivity contribution in [3.63, 3.8) is 0 Å². The molecule has 2 aliphatic carbocycles. The Morgan fingerprint density at radius 3 is 1.62 bits per heavy atom.